The predicted molar refractivity (Wildman–Crippen MR) is 108 cm³/mol. The number of nitrogens with one attached hydrogen (secondary N) is 3. The molecule has 0 atom stereocenters. The summed E-state index contributed by atoms with van der Waals surface area (Å²) in [5.74, 6) is -0.0955. The van der Waals surface area contributed by atoms with Gasteiger partial charge < -0.3 is 20.4 Å². The number of piperazine rings is 1. The quantitative estimate of drug-likeness (QED) is 0.746. The number of amides is 2. The Balaban J connectivity index is 1.47. The molecule has 1 fully saturated rings. The topological polar surface area (TPSA) is 65.9 Å². The molecule has 3 N–H and O–H groups in total. The Bertz CT molecular complexity index is 796. The van der Waals surface area contributed by atoms with Crippen molar-refractivity contribution in [1.29, 1.82) is 0 Å². The molecule has 2 aromatic rings. The summed E-state index contributed by atoms with van der Waals surface area (Å²) in [6.07, 6.45) is 0. The monoisotopic (exact) mass is 367 g/mol. The Morgan fingerprint density at radius 1 is 0.963 bits per heavy atom. The van der Waals surface area contributed by atoms with Gasteiger partial charge in [0.2, 0.25) is 5.91 Å². The van der Waals surface area contributed by atoms with E-state index in [-0.39, 0.29) is 11.8 Å². The number of rotatable bonds is 5. The summed E-state index contributed by atoms with van der Waals surface area (Å²) < 4.78 is 0. The zero-order chi connectivity index (χ0) is 19.2. The van der Waals surface area contributed by atoms with Crippen molar-refractivity contribution in [2.75, 3.05) is 48.3 Å². The second kappa shape index (κ2) is 8.68. The molecule has 0 radical (unpaired) electrons. The van der Waals surface area contributed by atoms with Crippen LogP contribution in [0.4, 0.5) is 17.1 Å². The molecule has 142 valence electrons. The van der Waals surface area contributed by atoms with Crippen LogP contribution in [0.5, 0.6) is 0 Å². The van der Waals surface area contributed by atoms with Crippen LogP contribution in [0.2, 0.25) is 0 Å². The Morgan fingerprint density at radius 3 is 2.15 bits per heavy atom. The number of para-hydroxylation sites is 1. The van der Waals surface area contributed by atoms with Gasteiger partial charge in [0.05, 0.1) is 26.2 Å². The third kappa shape index (κ3) is 5.31. The molecule has 1 heterocycles. The van der Waals surface area contributed by atoms with E-state index < -0.39 is 0 Å². The van der Waals surface area contributed by atoms with E-state index >= 15 is 0 Å². The maximum Gasteiger partial charge on any atom is 0.279 e. The van der Waals surface area contributed by atoms with E-state index in [0.29, 0.717) is 6.54 Å². The Kier molecular flexibility index (Phi) is 6.08. The largest absolute Gasteiger partial charge is 0.360 e. The van der Waals surface area contributed by atoms with Gasteiger partial charge in [0.1, 0.15) is 0 Å². The summed E-state index contributed by atoms with van der Waals surface area (Å²) in [6, 6.07) is 15.6. The zero-order valence-corrected chi connectivity index (χ0v) is 15.9. The van der Waals surface area contributed by atoms with Gasteiger partial charge in [-0.25, -0.2) is 0 Å². The standard InChI is InChI=1S/C21H26N4O2/c1-16-5-3-4-6-20(16)25-13-11-24(12-14-25)15-21(27)23-19-9-7-18(8-10-19)22-17(2)26/h3-10H,11-15H2,1-2H3,(H,22,26)(H,23,27)/p+1. The lowest BCUT2D eigenvalue weighted by Crippen LogP contribution is -3.15. The molecule has 3 rings (SSSR count). The number of carbonyl (C=O) groups excluding carboxylic acids is 2. The summed E-state index contributed by atoms with van der Waals surface area (Å²) >= 11 is 0. The minimum atomic E-state index is -0.111. The van der Waals surface area contributed by atoms with Crippen LogP contribution in [0.25, 0.3) is 0 Å². The number of anilines is 3. The van der Waals surface area contributed by atoms with E-state index in [2.05, 4.69) is 46.7 Å². The van der Waals surface area contributed by atoms with E-state index in [1.165, 1.54) is 23.1 Å². The average molecular weight is 367 g/mol. The number of aryl methyl sites for hydroxylation is 1. The first-order chi connectivity index (χ1) is 13.0. The molecule has 0 spiro atoms. The van der Waals surface area contributed by atoms with E-state index in [4.69, 9.17) is 0 Å². The third-order valence-corrected chi connectivity index (χ3v) is 4.83. The van der Waals surface area contributed by atoms with Crippen LogP contribution in [0, 0.1) is 6.92 Å². The fraction of sp³-hybridized carbons (Fsp3) is 0.333. The van der Waals surface area contributed by atoms with Gasteiger partial charge in [-0.15, -0.1) is 0 Å². The van der Waals surface area contributed by atoms with Crippen LogP contribution >= 0.6 is 0 Å². The van der Waals surface area contributed by atoms with Gasteiger partial charge in [-0.2, -0.15) is 0 Å². The normalized spacial score (nSPS) is 14.7. The van der Waals surface area contributed by atoms with Crippen LogP contribution in [0.15, 0.2) is 48.5 Å². The number of hydrogen-bond acceptors (Lipinski definition) is 3. The van der Waals surface area contributed by atoms with Crippen molar-refractivity contribution in [3.05, 3.63) is 54.1 Å². The van der Waals surface area contributed by atoms with Crippen molar-refractivity contribution >= 4 is 28.9 Å². The number of benzene rings is 2. The highest BCUT2D eigenvalue weighted by Crippen LogP contribution is 2.18. The van der Waals surface area contributed by atoms with Crippen molar-refractivity contribution in [3.8, 4) is 0 Å². The molecule has 0 unspecified atom stereocenters. The van der Waals surface area contributed by atoms with E-state index in [1.807, 2.05) is 0 Å². The SMILES string of the molecule is CC(=O)Nc1ccc(NC(=O)C[NH+]2CCN(c3ccccc3C)CC2)cc1. The molecule has 2 amide bonds. The fourth-order valence-electron chi connectivity index (χ4n) is 3.43. The lowest BCUT2D eigenvalue weighted by atomic mass is 10.1. The lowest BCUT2D eigenvalue weighted by Gasteiger charge is -2.34. The Morgan fingerprint density at radius 2 is 1.56 bits per heavy atom. The number of carbonyl (C=O) groups is 2. The van der Waals surface area contributed by atoms with E-state index in [0.717, 1.165) is 37.6 Å². The maximum atomic E-state index is 12.3. The summed E-state index contributed by atoms with van der Waals surface area (Å²) in [4.78, 5) is 27.1. The first-order valence-corrected chi connectivity index (χ1v) is 9.33. The van der Waals surface area contributed by atoms with Gasteiger partial charge in [-0.1, -0.05) is 18.2 Å². The molecule has 6 heteroatoms. The molecule has 6 nitrogen and oxygen atoms in total. The molecule has 1 aliphatic rings. The minimum absolute atomic E-state index is 0.0154. The van der Waals surface area contributed by atoms with Crippen LogP contribution in [-0.2, 0) is 9.59 Å². The number of nitrogens with zero attached hydrogens (tertiary/aromatic N) is 1. The lowest BCUT2D eigenvalue weighted by molar-refractivity contribution is -0.892. The van der Waals surface area contributed by atoms with Gasteiger partial charge in [-0.3, -0.25) is 9.59 Å². The molecular formula is C21H27N4O2+. The summed E-state index contributed by atoms with van der Waals surface area (Å²) in [6.45, 7) is 7.88. The molecule has 1 saturated heterocycles. The zero-order valence-electron chi connectivity index (χ0n) is 15.9. The van der Waals surface area contributed by atoms with Crippen molar-refractivity contribution < 1.29 is 14.5 Å². The van der Waals surface area contributed by atoms with Crippen LogP contribution < -0.4 is 20.4 Å². The van der Waals surface area contributed by atoms with Crippen molar-refractivity contribution in [2.45, 2.75) is 13.8 Å². The van der Waals surface area contributed by atoms with Crippen molar-refractivity contribution in [3.63, 3.8) is 0 Å². The van der Waals surface area contributed by atoms with Crippen LogP contribution in [0.3, 0.4) is 0 Å². The maximum absolute atomic E-state index is 12.3. The summed E-state index contributed by atoms with van der Waals surface area (Å²) in [5.41, 5.74) is 4.05. The second-order valence-electron chi connectivity index (χ2n) is 7.01. The fourth-order valence-corrected chi connectivity index (χ4v) is 3.43. The van der Waals surface area contributed by atoms with Gasteiger partial charge in [0, 0.05) is 24.0 Å². The number of quaternary nitrogens is 1. The molecule has 0 bridgehead atoms. The summed E-state index contributed by atoms with van der Waals surface area (Å²) in [5, 5.41) is 5.65. The molecule has 0 aromatic heterocycles. The molecular weight excluding hydrogens is 340 g/mol. The van der Waals surface area contributed by atoms with E-state index in [1.54, 1.807) is 24.3 Å². The third-order valence-electron chi connectivity index (χ3n) is 4.83. The van der Waals surface area contributed by atoms with Gasteiger partial charge in [0.25, 0.3) is 5.91 Å². The molecule has 27 heavy (non-hydrogen) atoms. The first kappa shape index (κ1) is 18.9. The molecule has 0 aliphatic carbocycles. The second-order valence-corrected chi connectivity index (χ2v) is 7.01. The highest BCUT2D eigenvalue weighted by molar-refractivity contribution is 5.92. The smallest absolute Gasteiger partial charge is 0.279 e. The highest BCUT2D eigenvalue weighted by Gasteiger charge is 2.23. The average Bonchev–Trinajstić information content (AvgIpc) is 2.64. The minimum Gasteiger partial charge on any atom is -0.360 e. The van der Waals surface area contributed by atoms with Gasteiger partial charge in [-0.05, 0) is 42.8 Å². The number of hydrogen-bond donors (Lipinski definition) is 3. The Hall–Kier alpha value is -2.86. The molecule has 0 saturated carbocycles. The van der Waals surface area contributed by atoms with Crippen molar-refractivity contribution in [2.24, 2.45) is 0 Å². The predicted octanol–water partition coefficient (Wildman–Crippen LogP) is 1.30. The highest BCUT2D eigenvalue weighted by atomic mass is 16.2. The summed E-state index contributed by atoms with van der Waals surface area (Å²) in [7, 11) is 0. The Labute approximate surface area is 160 Å². The molecule has 1 aliphatic heterocycles. The van der Waals surface area contributed by atoms with Crippen molar-refractivity contribution in [1.82, 2.24) is 0 Å². The van der Waals surface area contributed by atoms with Crippen LogP contribution in [0.1, 0.15) is 12.5 Å². The van der Waals surface area contributed by atoms with Gasteiger partial charge >= 0.3 is 0 Å². The van der Waals surface area contributed by atoms with E-state index in [9.17, 15) is 9.59 Å². The van der Waals surface area contributed by atoms with Gasteiger partial charge in [0.15, 0.2) is 6.54 Å². The van der Waals surface area contributed by atoms with Crippen LogP contribution in [-0.4, -0.2) is 44.5 Å². The molecule has 2 aromatic carbocycles. The first-order valence-electron chi connectivity index (χ1n) is 9.33.